The SMILES string of the molecule is CCNC(=O)COc1ccc(CNC(=O)c2cc([N+](=O)[O-])ccc2N2CCOCC2)cc1OC. The molecule has 0 unspecified atom stereocenters. The fourth-order valence-corrected chi connectivity index (χ4v) is 3.51. The molecule has 1 aliphatic rings. The van der Waals surface area contributed by atoms with Crippen molar-refractivity contribution >= 4 is 23.2 Å². The number of benzene rings is 2. The van der Waals surface area contributed by atoms with Crippen molar-refractivity contribution in [1.29, 1.82) is 0 Å². The molecule has 2 aromatic carbocycles. The Balaban J connectivity index is 1.72. The van der Waals surface area contributed by atoms with Crippen LogP contribution in [0, 0.1) is 10.1 Å². The molecular formula is C23H28N4O7. The van der Waals surface area contributed by atoms with E-state index in [0.29, 0.717) is 50.0 Å². The van der Waals surface area contributed by atoms with E-state index in [1.165, 1.54) is 19.2 Å². The molecule has 0 radical (unpaired) electrons. The molecule has 0 saturated carbocycles. The molecule has 0 atom stereocenters. The molecule has 11 nitrogen and oxygen atoms in total. The maximum absolute atomic E-state index is 13.0. The van der Waals surface area contributed by atoms with Gasteiger partial charge in [0.1, 0.15) is 0 Å². The number of carbonyl (C=O) groups is 2. The summed E-state index contributed by atoms with van der Waals surface area (Å²) in [4.78, 5) is 37.4. The van der Waals surface area contributed by atoms with Gasteiger partial charge < -0.3 is 29.7 Å². The highest BCUT2D eigenvalue weighted by Gasteiger charge is 2.22. The quantitative estimate of drug-likeness (QED) is 0.396. The van der Waals surface area contributed by atoms with E-state index in [-0.39, 0.29) is 30.3 Å². The second-order valence-corrected chi connectivity index (χ2v) is 7.47. The van der Waals surface area contributed by atoms with Gasteiger partial charge in [0, 0.05) is 38.3 Å². The highest BCUT2D eigenvalue weighted by Crippen LogP contribution is 2.29. The monoisotopic (exact) mass is 472 g/mol. The van der Waals surface area contributed by atoms with Gasteiger partial charge in [-0.25, -0.2) is 0 Å². The summed E-state index contributed by atoms with van der Waals surface area (Å²) in [6, 6.07) is 9.38. The first-order valence-corrected chi connectivity index (χ1v) is 10.9. The average Bonchev–Trinajstić information content (AvgIpc) is 2.86. The lowest BCUT2D eigenvalue weighted by Crippen LogP contribution is -2.38. The van der Waals surface area contributed by atoms with Crippen molar-refractivity contribution in [2.45, 2.75) is 13.5 Å². The molecule has 0 aliphatic carbocycles. The van der Waals surface area contributed by atoms with E-state index in [4.69, 9.17) is 14.2 Å². The Labute approximate surface area is 197 Å². The molecule has 2 N–H and O–H groups in total. The van der Waals surface area contributed by atoms with Crippen LogP contribution in [0.25, 0.3) is 0 Å². The number of amides is 2. The third-order valence-corrected chi connectivity index (χ3v) is 5.20. The number of morpholine rings is 1. The molecule has 3 rings (SSSR count). The summed E-state index contributed by atoms with van der Waals surface area (Å²) in [7, 11) is 1.48. The van der Waals surface area contributed by atoms with Gasteiger partial charge in [0.25, 0.3) is 17.5 Å². The van der Waals surface area contributed by atoms with Crippen LogP contribution >= 0.6 is 0 Å². The number of nitro benzene ring substituents is 1. The third kappa shape index (κ3) is 6.35. The summed E-state index contributed by atoms with van der Waals surface area (Å²) in [5.74, 6) is 0.146. The van der Waals surface area contributed by atoms with E-state index in [2.05, 4.69) is 10.6 Å². The number of rotatable bonds is 10. The van der Waals surface area contributed by atoms with Crippen molar-refractivity contribution in [3.05, 3.63) is 57.6 Å². The van der Waals surface area contributed by atoms with Crippen molar-refractivity contribution in [2.75, 3.05) is 51.5 Å². The third-order valence-electron chi connectivity index (χ3n) is 5.20. The maximum Gasteiger partial charge on any atom is 0.270 e. The van der Waals surface area contributed by atoms with Crippen LogP contribution in [0.4, 0.5) is 11.4 Å². The smallest absolute Gasteiger partial charge is 0.270 e. The van der Waals surface area contributed by atoms with Gasteiger partial charge in [-0.05, 0) is 30.7 Å². The first-order valence-electron chi connectivity index (χ1n) is 10.9. The van der Waals surface area contributed by atoms with Crippen molar-refractivity contribution < 1.29 is 28.7 Å². The zero-order chi connectivity index (χ0) is 24.5. The van der Waals surface area contributed by atoms with E-state index in [0.717, 1.165) is 5.56 Å². The normalized spacial score (nSPS) is 13.2. The van der Waals surface area contributed by atoms with Crippen molar-refractivity contribution in [3.63, 3.8) is 0 Å². The summed E-state index contributed by atoms with van der Waals surface area (Å²) in [5.41, 5.74) is 1.43. The Hall–Kier alpha value is -3.86. The lowest BCUT2D eigenvalue weighted by molar-refractivity contribution is -0.384. The molecule has 1 aliphatic heterocycles. The van der Waals surface area contributed by atoms with Gasteiger partial charge in [0.05, 0.1) is 36.5 Å². The number of carbonyl (C=O) groups excluding carboxylic acids is 2. The number of hydrogen-bond donors (Lipinski definition) is 2. The molecule has 0 aromatic heterocycles. The number of hydrogen-bond acceptors (Lipinski definition) is 8. The van der Waals surface area contributed by atoms with Crippen LogP contribution in [0.5, 0.6) is 11.5 Å². The van der Waals surface area contributed by atoms with Crippen molar-refractivity contribution in [3.8, 4) is 11.5 Å². The van der Waals surface area contributed by atoms with Crippen molar-refractivity contribution in [1.82, 2.24) is 10.6 Å². The molecule has 0 bridgehead atoms. The van der Waals surface area contributed by atoms with Crippen LogP contribution in [-0.2, 0) is 16.1 Å². The first kappa shape index (κ1) is 24.8. The van der Waals surface area contributed by atoms with Crippen LogP contribution in [0.2, 0.25) is 0 Å². The average molecular weight is 472 g/mol. The predicted molar refractivity (Wildman–Crippen MR) is 124 cm³/mol. The lowest BCUT2D eigenvalue weighted by atomic mass is 10.1. The van der Waals surface area contributed by atoms with Gasteiger partial charge in [0.2, 0.25) is 0 Å². The van der Waals surface area contributed by atoms with Crippen LogP contribution < -0.4 is 25.0 Å². The molecule has 1 saturated heterocycles. The topological polar surface area (TPSA) is 132 Å². The predicted octanol–water partition coefficient (Wildman–Crippen LogP) is 1.88. The van der Waals surface area contributed by atoms with Crippen LogP contribution in [0.15, 0.2) is 36.4 Å². The first-order chi connectivity index (χ1) is 16.4. The molecule has 34 heavy (non-hydrogen) atoms. The van der Waals surface area contributed by atoms with Gasteiger partial charge >= 0.3 is 0 Å². The van der Waals surface area contributed by atoms with Crippen LogP contribution in [0.1, 0.15) is 22.8 Å². The second kappa shape index (κ2) is 11.8. The number of nitrogens with one attached hydrogen (secondary N) is 2. The van der Waals surface area contributed by atoms with Gasteiger partial charge in [0.15, 0.2) is 18.1 Å². The van der Waals surface area contributed by atoms with E-state index in [1.807, 2.05) is 11.8 Å². The minimum Gasteiger partial charge on any atom is -0.493 e. The van der Waals surface area contributed by atoms with Gasteiger partial charge in [-0.1, -0.05) is 6.07 Å². The summed E-state index contributed by atoms with van der Waals surface area (Å²) >= 11 is 0. The largest absolute Gasteiger partial charge is 0.493 e. The van der Waals surface area contributed by atoms with Gasteiger partial charge in [-0.2, -0.15) is 0 Å². The summed E-state index contributed by atoms with van der Waals surface area (Å²) in [5, 5.41) is 16.7. The maximum atomic E-state index is 13.0. The lowest BCUT2D eigenvalue weighted by Gasteiger charge is -2.30. The molecule has 0 spiro atoms. The fraction of sp³-hybridized carbons (Fsp3) is 0.391. The molecule has 1 heterocycles. The highest BCUT2D eigenvalue weighted by molar-refractivity contribution is 6.00. The van der Waals surface area contributed by atoms with Gasteiger partial charge in [-0.3, -0.25) is 19.7 Å². The van der Waals surface area contributed by atoms with E-state index < -0.39 is 10.8 Å². The Morgan fingerprint density at radius 2 is 1.88 bits per heavy atom. The summed E-state index contributed by atoms with van der Waals surface area (Å²) < 4.78 is 16.2. The Bertz CT molecular complexity index is 1040. The fourth-order valence-electron chi connectivity index (χ4n) is 3.51. The molecule has 2 aromatic rings. The van der Waals surface area contributed by atoms with E-state index in [1.54, 1.807) is 24.3 Å². The number of non-ortho nitro benzene ring substituents is 1. The standard InChI is InChI=1S/C23H28N4O7/c1-3-24-22(28)15-34-20-7-4-16(12-21(20)32-2)14-25-23(29)18-13-17(27(30)31)5-6-19(18)26-8-10-33-11-9-26/h4-7,12-13H,3,8-11,14-15H2,1-2H3,(H,24,28)(H,25,29). The highest BCUT2D eigenvalue weighted by atomic mass is 16.6. The summed E-state index contributed by atoms with van der Waals surface area (Å²) in [6.07, 6.45) is 0. The molecular weight excluding hydrogens is 444 g/mol. The molecule has 182 valence electrons. The van der Waals surface area contributed by atoms with E-state index in [9.17, 15) is 19.7 Å². The molecule has 11 heteroatoms. The molecule has 1 fully saturated rings. The minimum absolute atomic E-state index is 0.141. The van der Waals surface area contributed by atoms with E-state index >= 15 is 0 Å². The van der Waals surface area contributed by atoms with Crippen LogP contribution in [0.3, 0.4) is 0 Å². The number of anilines is 1. The minimum atomic E-state index is -0.524. The zero-order valence-electron chi connectivity index (χ0n) is 19.2. The number of nitro groups is 1. The zero-order valence-corrected chi connectivity index (χ0v) is 19.2. The summed E-state index contributed by atoms with van der Waals surface area (Å²) in [6.45, 7) is 4.57. The number of methoxy groups -OCH3 is 1. The Morgan fingerprint density at radius 3 is 2.56 bits per heavy atom. The number of ether oxygens (including phenoxy) is 3. The van der Waals surface area contributed by atoms with Gasteiger partial charge in [-0.15, -0.1) is 0 Å². The number of nitrogens with zero attached hydrogens (tertiary/aromatic N) is 2. The second-order valence-electron chi connectivity index (χ2n) is 7.47. The molecule has 2 amide bonds. The van der Waals surface area contributed by atoms with Crippen molar-refractivity contribution in [2.24, 2.45) is 0 Å². The van der Waals surface area contributed by atoms with Crippen LogP contribution in [-0.4, -0.2) is 63.3 Å². The Morgan fingerprint density at radius 1 is 1.12 bits per heavy atom. The Kier molecular flexibility index (Phi) is 8.63. The number of likely N-dealkylation sites (N-methyl/N-ethyl adjacent to an activating group) is 1.